The fourth-order valence-electron chi connectivity index (χ4n) is 3.05. The summed E-state index contributed by atoms with van der Waals surface area (Å²) in [5.74, 6) is 0.450. The van der Waals surface area contributed by atoms with Gasteiger partial charge in [0, 0.05) is 37.1 Å². The minimum atomic E-state index is 0.0328. The number of benzene rings is 1. The van der Waals surface area contributed by atoms with Gasteiger partial charge in [0.2, 0.25) is 5.91 Å². The molecule has 0 radical (unpaired) electrons. The van der Waals surface area contributed by atoms with Gasteiger partial charge in [-0.1, -0.05) is 26.0 Å². The van der Waals surface area contributed by atoms with Crippen molar-refractivity contribution in [1.29, 1.82) is 0 Å². The van der Waals surface area contributed by atoms with Gasteiger partial charge in [-0.3, -0.25) is 4.79 Å². The SMILES string of the molecule is CC(C)c1nc(CC(=O)NCc2ccc3c(c2)CCCN3C)cs1. The van der Waals surface area contributed by atoms with Crippen LogP contribution < -0.4 is 10.2 Å². The number of hydrogen-bond donors (Lipinski definition) is 1. The molecule has 0 bridgehead atoms. The van der Waals surface area contributed by atoms with Crippen molar-refractivity contribution in [3.63, 3.8) is 0 Å². The predicted octanol–water partition coefficient (Wildman–Crippen LogP) is 3.51. The fraction of sp³-hybridized carbons (Fsp3) is 0.474. The van der Waals surface area contributed by atoms with Crippen LogP contribution in [0.25, 0.3) is 0 Å². The molecule has 1 aromatic heterocycles. The van der Waals surface area contributed by atoms with Crippen LogP contribution in [-0.2, 0) is 24.2 Å². The number of hydrogen-bond acceptors (Lipinski definition) is 4. The van der Waals surface area contributed by atoms with Gasteiger partial charge in [-0.25, -0.2) is 4.98 Å². The summed E-state index contributed by atoms with van der Waals surface area (Å²) in [6, 6.07) is 6.51. The molecule has 2 heterocycles. The molecule has 4 nitrogen and oxygen atoms in total. The summed E-state index contributed by atoms with van der Waals surface area (Å²) in [6.07, 6.45) is 2.68. The molecule has 1 aromatic carbocycles. The highest BCUT2D eigenvalue weighted by Gasteiger charge is 2.14. The summed E-state index contributed by atoms with van der Waals surface area (Å²) < 4.78 is 0. The number of nitrogens with one attached hydrogen (secondary N) is 1. The number of nitrogens with zero attached hydrogens (tertiary/aromatic N) is 2. The Morgan fingerprint density at radius 2 is 2.25 bits per heavy atom. The average molecular weight is 343 g/mol. The van der Waals surface area contributed by atoms with E-state index in [4.69, 9.17) is 0 Å². The van der Waals surface area contributed by atoms with Gasteiger partial charge in [-0.15, -0.1) is 11.3 Å². The van der Waals surface area contributed by atoms with Gasteiger partial charge >= 0.3 is 0 Å². The van der Waals surface area contributed by atoms with Crippen LogP contribution in [0.15, 0.2) is 23.6 Å². The van der Waals surface area contributed by atoms with Crippen LogP contribution in [0.5, 0.6) is 0 Å². The largest absolute Gasteiger partial charge is 0.374 e. The molecule has 128 valence electrons. The maximum atomic E-state index is 12.2. The van der Waals surface area contributed by atoms with Crippen molar-refractivity contribution in [3.8, 4) is 0 Å². The third-order valence-electron chi connectivity index (χ3n) is 4.39. The minimum Gasteiger partial charge on any atom is -0.374 e. The van der Waals surface area contributed by atoms with Crippen molar-refractivity contribution in [2.75, 3.05) is 18.5 Å². The fourth-order valence-corrected chi connectivity index (χ4v) is 3.88. The number of thiazole rings is 1. The molecular formula is C19H25N3OS. The van der Waals surface area contributed by atoms with Gasteiger partial charge in [0.25, 0.3) is 0 Å². The topological polar surface area (TPSA) is 45.2 Å². The molecule has 2 aromatic rings. The highest BCUT2D eigenvalue weighted by Crippen LogP contribution is 2.26. The average Bonchev–Trinajstić information content (AvgIpc) is 3.02. The van der Waals surface area contributed by atoms with Crippen LogP contribution in [0.3, 0.4) is 0 Å². The number of amides is 1. The van der Waals surface area contributed by atoms with Gasteiger partial charge in [0.1, 0.15) is 0 Å². The van der Waals surface area contributed by atoms with E-state index in [2.05, 4.69) is 54.3 Å². The van der Waals surface area contributed by atoms with Gasteiger partial charge in [0.05, 0.1) is 17.1 Å². The standard InChI is InChI=1S/C19H25N3OS/c1-13(2)19-21-16(12-24-19)10-18(23)20-11-14-6-7-17-15(9-14)5-4-8-22(17)3/h6-7,9,12-13H,4-5,8,10-11H2,1-3H3,(H,20,23). The molecule has 1 aliphatic heterocycles. The number of carbonyl (C=O) groups is 1. The second-order valence-corrected chi connectivity index (χ2v) is 7.66. The van der Waals surface area contributed by atoms with Crippen molar-refractivity contribution in [1.82, 2.24) is 10.3 Å². The molecule has 0 fully saturated rings. The lowest BCUT2D eigenvalue weighted by atomic mass is 9.99. The normalized spacial score (nSPS) is 13.9. The van der Waals surface area contributed by atoms with E-state index in [1.807, 2.05) is 5.38 Å². The maximum Gasteiger partial charge on any atom is 0.226 e. The van der Waals surface area contributed by atoms with Gasteiger partial charge in [0.15, 0.2) is 0 Å². The molecule has 1 aliphatic rings. The Morgan fingerprint density at radius 1 is 1.42 bits per heavy atom. The molecule has 3 rings (SSSR count). The molecule has 0 unspecified atom stereocenters. The number of aryl methyl sites for hydroxylation is 1. The van der Waals surface area contributed by atoms with Crippen molar-refractivity contribution in [3.05, 3.63) is 45.4 Å². The number of aromatic nitrogens is 1. The molecule has 5 heteroatoms. The molecule has 1 amide bonds. The lowest BCUT2D eigenvalue weighted by molar-refractivity contribution is -0.120. The summed E-state index contributed by atoms with van der Waals surface area (Å²) >= 11 is 1.63. The first-order valence-electron chi connectivity index (χ1n) is 8.57. The zero-order valence-corrected chi connectivity index (χ0v) is 15.4. The Kier molecular flexibility index (Phi) is 5.19. The number of anilines is 1. The van der Waals surface area contributed by atoms with E-state index in [9.17, 15) is 4.79 Å². The molecule has 0 atom stereocenters. The summed E-state index contributed by atoms with van der Waals surface area (Å²) in [5.41, 5.74) is 4.74. The Morgan fingerprint density at radius 3 is 3.00 bits per heavy atom. The number of rotatable bonds is 5. The van der Waals surface area contributed by atoms with E-state index in [1.165, 1.54) is 23.2 Å². The van der Waals surface area contributed by atoms with Crippen LogP contribution in [0.4, 0.5) is 5.69 Å². The van der Waals surface area contributed by atoms with E-state index < -0.39 is 0 Å². The first kappa shape index (κ1) is 17.0. The zero-order valence-electron chi connectivity index (χ0n) is 14.6. The van der Waals surface area contributed by atoms with Crippen molar-refractivity contribution >= 4 is 22.9 Å². The lowest BCUT2D eigenvalue weighted by Crippen LogP contribution is -2.26. The minimum absolute atomic E-state index is 0.0328. The predicted molar refractivity (Wildman–Crippen MR) is 99.8 cm³/mol. The summed E-state index contributed by atoms with van der Waals surface area (Å²) in [6.45, 7) is 5.94. The van der Waals surface area contributed by atoms with E-state index in [1.54, 1.807) is 11.3 Å². The summed E-state index contributed by atoms with van der Waals surface area (Å²) in [4.78, 5) is 19.0. The third kappa shape index (κ3) is 3.96. The molecular weight excluding hydrogens is 318 g/mol. The van der Waals surface area contributed by atoms with Crippen molar-refractivity contribution in [2.24, 2.45) is 0 Å². The Labute approximate surface area is 147 Å². The van der Waals surface area contributed by atoms with Crippen LogP contribution >= 0.6 is 11.3 Å². The van der Waals surface area contributed by atoms with Gasteiger partial charge < -0.3 is 10.2 Å². The van der Waals surface area contributed by atoms with E-state index in [-0.39, 0.29) is 5.91 Å². The number of carbonyl (C=O) groups excluding carboxylic acids is 1. The van der Waals surface area contributed by atoms with Crippen molar-refractivity contribution < 1.29 is 4.79 Å². The Balaban J connectivity index is 1.56. The van der Waals surface area contributed by atoms with E-state index in [0.29, 0.717) is 18.9 Å². The van der Waals surface area contributed by atoms with E-state index in [0.717, 1.165) is 23.7 Å². The van der Waals surface area contributed by atoms with Crippen molar-refractivity contribution in [2.45, 2.75) is 45.6 Å². The summed E-state index contributed by atoms with van der Waals surface area (Å²) in [7, 11) is 2.14. The molecule has 1 N–H and O–H groups in total. The van der Waals surface area contributed by atoms with Crippen LogP contribution in [0.2, 0.25) is 0 Å². The molecule has 0 saturated carbocycles. The zero-order chi connectivity index (χ0) is 17.1. The highest BCUT2D eigenvalue weighted by atomic mass is 32.1. The summed E-state index contributed by atoms with van der Waals surface area (Å²) in [5, 5.41) is 6.10. The van der Waals surface area contributed by atoms with Crippen LogP contribution in [0, 0.1) is 0 Å². The smallest absolute Gasteiger partial charge is 0.226 e. The second kappa shape index (κ2) is 7.34. The Hall–Kier alpha value is -1.88. The van der Waals surface area contributed by atoms with E-state index >= 15 is 0 Å². The maximum absolute atomic E-state index is 12.2. The third-order valence-corrected chi connectivity index (χ3v) is 5.58. The molecule has 24 heavy (non-hydrogen) atoms. The lowest BCUT2D eigenvalue weighted by Gasteiger charge is -2.27. The molecule has 0 spiro atoms. The molecule has 0 saturated heterocycles. The first-order valence-corrected chi connectivity index (χ1v) is 9.45. The van der Waals surface area contributed by atoms with Gasteiger partial charge in [-0.05, 0) is 30.0 Å². The monoisotopic (exact) mass is 343 g/mol. The molecule has 0 aliphatic carbocycles. The quantitative estimate of drug-likeness (QED) is 0.904. The highest BCUT2D eigenvalue weighted by molar-refractivity contribution is 7.09. The van der Waals surface area contributed by atoms with Gasteiger partial charge in [-0.2, -0.15) is 0 Å². The van der Waals surface area contributed by atoms with Crippen LogP contribution in [0.1, 0.15) is 48.0 Å². The number of fused-ring (bicyclic) bond motifs is 1. The Bertz CT molecular complexity index is 723. The first-order chi connectivity index (χ1) is 11.5. The van der Waals surface area contributed by atoms with Crippen LogP contribution in [-0.4, -0.2) is 24.5 Å². The second-order valence-electron chi connectivity index (χ2n) is 6.77.